The van der Waals surface area contributed by atoms with E-state index in [2.05, 4.69) is 14.9 Å². The largest absolute Gasteiger partial charge is 0.435 e. The number of aliphatic hydroxyl groups is 1. The van der Waals surface area contributed by atoms with Gasteiger partial charge in [0.1, 0.15) is 5.75 Å². The van der Waals surface area contributed by atoms with Crippen LogP contribution < -0.4 is 4.74 Å². The number of ether oxygens (including phenoxy) is 2. The molecule has 174 valence electrons. The minimum absolute atomic E-state index is 0.0566. The Morgan fingerprint density at radius 1 is 1.19 bits per heavy atom. The van der Waals surface area contributed by atoms with E-state index >= 15 is 0 Å². The Hall–Kier alpha value is -2.79. The van der Waals surface area contributed by atoms with Crippen LogP contribution in [-0.2, 0) is 11.2 Å². The molecule has 0 spiro atoms. The highest BCUT2D eigenvalue weighted by Gasteiger charge is 2.39. The Balaban J connectivity index is 1.52. The summed E-state index contributed by atoms with van der Waals surface area (Å²) in [5.41, 5.74) is 0.900. The highest BCUT2D eigenvalue weighted by molar-refractivity contribution is 5.75. The van der Waals surface area contributed by atoms with Crippen LogP contribution in [0.15, 0.2) is 28.8 Å². The molecule has 1 N–H and O–H groups in total. The number of hydrogen-bond donors (Lipinski definition) is 1. The molecule has 0 bridgehead atoms. The molecule has 2 atom stereocenters. The first kappa shape index (κ1) is 22.4. The summed E-state index contributed by atoms with van der Waals surface area (Å²) in [7, 11) is 1.60. The van der Waals surface area contributed by atoms with Crippen molar-refractivity contribution in [2.75, 3.05) is 39.9 Å². The van der Waals surface area contributed by atoms with Crippen LogP contribution in [0.25, 0.3) is 0 Å². The zero-order valence-electron chi connectivity index (χ0n) is 17.7. The standard InChI is InChI=1S/C21H26F2N4O5/c1-30-7-6-18-24-19(32-25-18)15-8-14(13-2-4-17(5-3-13)31-20(22)23)9-26(10-15)21(29)27-11-16(28)12-27/h2-5,14-16,20,28H,6-12H2,1H3. The molecule has 2 aliphatic rings. The van der Waals surface area contributed by atoms with Crippen LogP contribution in [0.5, 0.6) is 5.75 Å². The van der Waals surface area contributed by atoms with Crippen molar-refractivity contribution in [3.8, 4) is 5.75 Å². The second-order valence-corrected chi connectivity index (χ2v) is 8.12. The van der Waals surface area contributed by atoms with Gasteiger partial charge in [0, 0.05) is 32.5 Å². The van der Waals surface area contributed by atoms with Gasteiger partial charge in [0.05, 0.1) is 31.7 Å². The predicted molar refractivity (Wildman–Crippen MR) is 108 cm³/mol. The number of amides is 2. The Labute approximate surface area is 183 Å². The number of β-amino-alcohol motifs (C(OH)–C–C–N with tert-alkyl or cyclic N) is 1. The van der Waals surface area contributed by atoms with Gasteiger partial charge in [-0.25, -0.2) is 4.79 Å². The van der Waals surface area contributed by atoms with Gasteiger partial charge in [-0.15, -0.1) is 0 Å². The molecule has 0 radical (unpaired) electrons. The fraction of sp³-hybridized carbons (Fsp3) is 0.571. The van der Waals surface area contributed by atoms with Crippen molar-refractivity contribution in [2.45, 2.75) is 37.4 Å². The Morgan fingerprint density at radius 3 is 2.53 bits per heavy atom. The topological polar surface area (TPSA) is 101 Å². The fourth-order valence-electron chi connectivity index (χ4n) is 4.14. The number of aliphatic hydroxyl groups excluding tert-OH is 1. The summed E-state index contributed by atoms with van der Waals surface area (Å²) in [5, 5.41) is 13.6. The molecular weight excluding hydrogens is 426 g/mol. The number of carbonyl (C=O) groups is 1. The maximum atomic E-state index is 13.0. The summed E-state index contributed by atoms with van der Waals surface area (Å²) < 4.78 is 39.9. The van der Waals surface area contributed by atoms with E-state index in [1.54, 1.807) is 29.0 Å². The molecule has 3 heterocycles. The van der Waals surface area contributed by atoms with Crippen molar-refractivity contribution in [2.24, 2.45) is 0 Å². The number of alkyl halides is 2. The van der Waals surface area contributed by atoms with E-state index < -0.39 is 12.7 Å². The highest BCUT2D eigenvalue weighted by Crippen LogP contribution is 2.36. The van der Waals surface area contributed by atoms with E-state index in [1.807, 2.05) is 0 Å². The first-order valence-corrected chi connectivity index (χ1v) is 10.5. The monoisotopic (exact) mass is 452 g/mol. The lowest BCUT2D eigenvalue weighted by molar-refractivity contribution is -0.0498. The number of hydrogen-bond acceptors (Lipinski definition) is 7. The lowest BCUT2D eigenvalue weighted by atomic mass is 9.84. The van der Waals surface area contributed by atoms with Crippen molar-refractivity contribution in [3.05, 3.63) is 41.5 Å². The quantitative estimate of drug-likeness (QED) is 0.688. The van der Waals surface area contributed by atoms with Crippen LogP contribution in [0.4, 0.5) is 13.6 Å². The first-order valence-electron chi connectivity index (χ1n) is 10.5. The maximum absolute atomic E-state index is 13.0. The smallest absolute Gasteiger partial charge is 0.387 e. The molecule has 32 heavy (non-hydrogen) atoms. The maximum Gasteiger partial charge on any atom is 0.387 e. The summed E-state index contributed by atoms with van der Waals surface area (Å²) in [6, 6.07) is 6.32. The third-order valence-corrected chi connectivity index (χ3v) is 5.79. The van der Waals surface area contributed by atoms with Gasteiger partial charge < -0.3 is 28.9 Å². The number of rotatable bonds is 7. The molecular formula is C21H26F2N4O5. The average molecular weight is 452 g/mol. The number of urea groups is 1. The number of nitrogens with zero attached hydrogens (tertiary/aromatic N) is 4. The summed E-state index contributed by atoms with van der Waals surface area (Å²) >= 11 is 0. The van der Waals surface area contributed by atoms with Crippen molar-refractivity contribution in [3.63, 3.8) is 0 Å². The lowest BCUT2D eigenvalue weighted by Crippen LogP contribution is -2.59. The second-order valence-electron chi connectivity index (χ2n) is 8.12. The molecule has 0 saturated carbocycles. The van der Waals surface area contributed by atoms with E-state index in [4.69, 9.17) is 9.26 Å². The van der Waals surface area contributed by atoms with Gasteiger partial charge in [0.15, 0.2) is 5.82 Å². The van der Waals surface area contributed by atoms with Crippen LogP contribution in [0.1, 0.15) is 35.5 Å². The van der Waals surface area contributed by atoms with E-state index in [0.29, 0.717) is 57.3 Å². The molecule has 2 unspecified atom stereocenters. The number of aromatic nitrogens is 2. The minimum atomic E-state index is -2.88. The number of likely N-dealkylation sites (tertiary alicyclic amines) is 2. The lowest BCUT2D eigenvalue weighted by Gasteiger charge is -2.43. The molecule has 2 aliphatic heterocycles. The van der Waals surface area contributed by atoms with Crippen molar-refractivity contribution >= 4 is 6.03 Å². The van der Waals surface area contributed by atoms with Gasteiger partial charge in [0.2, 0.25) is 5.89 Å². The van der Waals surface area contributed by atoms with Gasteiger partial charge in [0.25, 0.3) is 0 Å². The number of piperidine rings is 1. The summed E-state index contributed by atoms with van der Waals surface area (Å²) in [6.45, 7) is -0.911. The molecule has 2 amide bonds. The van der Waals surface area contributed by atoms with Crippen LogP contribution in [0, 0.1) is 0 Å². The Kier molecular flexibility index (Phi) is 6.85. The van der Waals surface area contributed by atoms with Gasteiger partial charge in [-0.05, 0) is 24.1 Å². The number of methoxy groups -OCH3 is 1. The second kappa shape index (κ2) is 9.78. The van der Waals surface area contributed by atoms with Crippen LogP contribution in [0.3, 0.4) is 0 Å². The van der Waals surface area contributed by atoms with Gasteiger partial charge in [-0.1, -0.05) is 17.3 Å². The van der Waals surface area contributed by atoms with E-state index in [1.165, 1.54) is 12.1 Å². The summed E-state index contributed by atoms with van der Waals surface area (Å²) in [4.78, 5) is 20.8. The van der Waals surface area contributed by atoms with Gasteiger partial charge >= 0.3 is 12.6 Å². The zero-order valence-corrected chi connectivity index (χ0v) is 17.7. The molecule has 2 aromatic rings. The van der Waals surface area contributed by atoms with Gasteiger partial charge in [-0.2, -0.15) is 13.8 Å². The molecule has 9 nitrogen and oxygen atoms in total. The SMILES string of the molecule is COCCc1noc(C2CC(c3ccc(OC(F)F)cc3)CN(C(=O)N3CC(O)C3)C2)n1. The van der Waals surface area contributed by atoms with E-state index in [0.717, 1.165) is 5.56 Å². The van der Waals surface area contributed by atoms with Crippen molar-refractivity contribution in [1.82, 2.24) is 19.9 Å². The number of benzene rings is 1. The number of halogens is 2. The molecule has 0 aliphatic carbocycles. The summed E-state index contributed by atoms with van der Waals surface area (Å²) in [5.74, 6) is 0.850. The highest BCUT2D eigenvalue weighted by atomic mass is 19.3. The normalized spacial score (nSPS) is 21.7. The molecule has 2 saturated heterocycles. The third kappa shape index (κ3) is 5.16. The molecule has 1 aromatic carbocycles. The predicted octanol–water partition coefficient (Wildman–Crippen LogP) is 2.23. The Bertz CT molecular complexity index is 904. The summed E-state index contributed by atoms with van der Waals surface area (Å²) in [6.07, 6.45) is 0.695. The average Bonchev–Trinajstić information content (AvgIpc) is 3.24. The van der Waals surface area contributed by atoms with Crippen molar-refractivity contribution < 1.29 is 32.7 Å². The Morgan fingerprint density at radius 2 is 1.88 bits per heavy atom. The number of carbonyl (C=O) groups excluding carboxylic acids is 1. The minimum Gasteiger partial charge on any atom is -0.435 e. The molecule has 4 rings (SSSR count). The zero-order chi connectivity index (χ0) is 22.7. The van der Waals surface area contributed by atoms with Crippen molar-refractivity contribution in [1.29, 1.82) is 0 Å². The van der Waals surface area contributed by atoms with Crippen LogP contribution in [0.2, 0.25) is 0 Å². The van der Waals surface area contributed by atoms with Gasteiger partial charge in [-0.3, -0.25) is 0 Å². The van der Waals surface area contributed by atoms with E-state index in [9.17, 15) is 18.7 Å². The molecule has 1 aromatic heterocycles. The first-order chi connectivity index (χ1) is 15.4. The van der Waals surface area contributed by atoms with Crippen LogP contribution in [-0.4, -0.2) is 83.7 Å². The van der Waals surface area contributed by atoms with Crippen LogP contribution >= 0.6 is 0 Å². The molecule has 2 fully saturated rings. The third-order valence-electron chi connectivity index (χ3n) is 5.79. The van der Waals surface area contributed by atoms with E-state index in [-0.39, 0.29) is 23.6 Å². The fourth-order valence-corrected chi connectivity index (χ4v) is 4.14. The molecule has 11 heteroatoms.